The van der Waals surface area contributed by atoms with Gasteiger partial charge in [0.1, 0.15) is 22.9 Å². The van der Waals surface area contributed by atoms with Crippen LogP contribution in [0.2, 0.25) is 0 Å². The van der Waals surface area contributed by atoms with Crippen LogP contribution >= 0.6 is 33.9 Å². The van der Waals surface area contributed by atoms with Crippen molar-refractivity contribution in [2.45, 2.75) is 6.61 Å². The fourth-order valence-corrected chi connectivity index (χ4v) is 2.94. The molecule has 0 amide bonds. The lowest BCUT2D eigenvalue weighted by molar-refractivity contribution is 0.296. The van der Waals surface area contributed by atoms with Crippen LogP contribution in [0.5, 0.6) is 5.75 Å². The Bertz CT molecular complexity index is 781. The monoisotopic (exact) mass is 384 g/mol. The van der Waals surface area contributed by atoms with E-state index in [1.54, 1.807) is 0 Å². The normalized spacial score (nSPS) is 10.8. The van der Waals surface area contributed by atoms with E-state index in [9.17, 15) is 4.79 Å². The molecule has 0 saturated carbocycles. The third kappa shape index (κ3) is 2.79. The van der Waals surface area contributed by atoms with Crippen molar-refractivity contribution in [2.24, 2.45) is 0 Å². The minimum atomic E-state index is -0.110. The molecule has 0 fully saturated rings. The quantitative estimate of drug-likeness (QED) is 0.706. The largest absolute Gasteiger partial charge is 0.486 e. The first-order valence-corrected chi connectivity index (χ1v) is 7.53. The molecule has 1 N–H and O–H groups in total. The van der Waals surface area contributed by atoms with Crippen molar-refractivity contribution in [3.05, 3.63) is 55.5 Å². The van der Waals surface area contributed by atoms with Crippen LogP contribution in [0.1, 0.15) is 5.82 Å². The number of benzene rings is 1. The minimum absolute atomic E-state index is 0.110. The van der Waals surface area contributed by atoms with E-state index in [0.29, 0.717) is 10.5 Å². The summed E-state index contributed by atoms with van der Waals surface area (Å²) in [5, 5.41) is 1.86. The van der Waals surface area contributed by atoms with Gasteiger partial charge in [0, 0.05) is 3.57 Å². The summed E-state index contributed by atoms with van der Waals surface area (Å²) in [5.41, 5.74) is 0.608. The fourth-order valence-electron chi connectivity index (χ4n) is 1.70. The molecule has 0 aliphatic rings. The zero-order chi connectivity index (χ0) is 13.2. The van der Waals surface area contributed by atoms with Crippen LogP contribution in [0.4, 0.5) is 0 Å². The lowest BCUT2D eigenvalue weighted by Gasteiger charge is -2.05. The zero-order valence-electron chi connectivity index (χ0n) is 9.72. The molecule has 1 aromatic carbocycles. The van der Waals surface area contributed by atoms with Gasteiger partial charge >= 0.3 is 0 Å². The Morgan fingerprint density at radius 2 is 2.26 bits per heavy atom. The second-order valence-corrected chi connectivity index (χ2v) is 6.06. The average Bonchev–Trinajstić information content (AvgIpc) is 2.85. The topological polar surface area (TPSA) is 55.0 Å². The SMILES string of the molecule is O=c1[nH]c(COc2cccc(I)c2)nc2ccsc12. The molecule has 0 atom stereocenters. The molecule has 0 aliphatic heterocycles. The third-order valence-corrected chi connectivity index (χ3v) is 4.11. The molecular formula is C13H9IN2O2S. The van der Waals surface area contributed by atoms with Gasteiger partial charge in [-0.2, -0.15) is 0 Å². The van der Waals surface area contributed by atoms with Gasteiger partial charge in [0.2, 0.25) is 0 Å². The Morgan fingerprint density at radius 3 is 3.11 bits per heavy atom. The van der Waals surface area contributed by atoms with Crippen LogP contribution < -0.4 is 10.3 Å². The van der Waals surface area contributed by atoms with Crippen molar-refractivity contribution in [2.75, 3.05) is 0 Å². The summed E-state index contributed by atoms with van der Waals surface area (Å²) in [4.78, 5) is 18.9. The van der Waals surface area contributed by atoms with Crippen molar-refractivity contribution >= 4 is 44.1 Å². The van der Waals surface area contributed by atoms with E-state index in [4.69, 9.17) is 4.74 Å². The van der Waals surface area contributed by atoms with Gasteiger partial charge in [-0.05, 0) is 52.2 Å². The summed E-state index contributed by atoms with van der Waals surface area (Å²) in [6.07, 6.45) is 0. The number of fused-ring (bicyclic) bond motifs is 1. The van der Waals surface area contributed by atoms with E-state index < -0.39 is 0 Å². The number of aromatic nitrogens is 2. The summed E-state index contributed by atoms with van der Waals surface area (Å²) in [6, 6.07) is 9.57. The first-order chi connectivity index (χ1) is 9.22. The van der Waals surface area contributed by atoms with E-state index in [0.717, 1.165) is 14.8 Å². The maximum atomic E-state index is 11.8. The highest BCUT2D eigenvalue weighted by Gasteiger charge is 2.05. The Morgan fingerprint density at radius 1 is 1.37 bits per heavy atom. The molecule has 0 saturated heterocycles. The fraction of sp³-hybridized carbons (Fsp3) is 0.0769. The standard InChI is InChI=1S/C13H9IN2O2S/c14-8-2-1-3-9(6-8)18-7-11-15-10-4-5-19-12(10)13(17)16-11/h1-6H,7H2,(H,15,16,17). The van der Waals surface area contributed by atoms with Gasteiger partial charge in [0.05, 0.1) is 5.52 Å². The molecule has 2 heterocycles. The molecule has 0 aliphatic carbocycles. The highest BCUT2D eigenvalue weighted by molar-refractivity contribution is 14.1. The molecule has 0 radical (unpaired) electrons. The van der Waals surface area contributed by atoms with E-state index in [-0.39, 0.29) is 12.2 Å². The number of H-pyrrole nitrogens is 1. The van der Waals surface area contributed by atoms with Crippen LogP contribution in [0.3, 0.4) is 0 Å². The number of thiophene rings is 1. The lowest BCUT2D eigenvalue weighted by atomic mass is 10.3. The summed E-state index contributed by atoms with van der Waals surface area (Å²) in [7, 11) is 0. The lowest BCUT2D eigenvalue weighted by Crippen LogP contribution is -2.12. The second kappa shape index (κ2) is 5.30. The number of nitrogens with one attached hydrogen (secondary N) is 1. The minimum Gasteiger partial charge on any atom is -0.486 e. The molecule has 96 valence electrons. The molecule has 6 heteroatoms. The average molecular weight is 384 g/mol. The number of ether oxygens (including phenoxy) is 1. The van der Waals surface area contributed by atoms with Crippen LogP contribution in [-0.2, 0) is 6.61 Å². The molecule has 3 rings (SSSR count). The van der Waals surface area contributed by atoms with Crippen LogP contribution in [-0.4, -0.2) is 9.97 Å². The first kappa shape index (κ1) is 12.6. The molecule has 0 bridgehead atoms. The number of hydrogen-bond donors (Lipinski definition) is 1. The summed E-state index contributed by atoms with van der Waals surface area (Å²) in [5.74, 6) is 1.30. The van der Waals surface area contributed by atoms with Crippen molar-refractivity contribution in [1.82, 2.24) is 9.97 Å². The van der Waals surface area contributed by atoms with Gasteiger partial charge in [-0.3, -0.25) is 4.79 Å². The Hall–Kier alpha value is -1.41. The van der Waals surface area contributed by atoms with Crippen molar-refractivity contribution < 1.29 is 4.74 Å². The number of hydrogen-bond acceptors (Lipinski definition) is 4. The predicted octanol–water partition coefficient (Wildman–Crippen LogP) is 3.17. The van der Waals surface area contributed by atoms with Gasteiger partial charge < -0.3 is 9.72 Å². The highest BCUT2D eigenvalue weighted by Crippen LogP contribution is 2.17. The Balaban J connectivity index is 1.83. The van der Waals surface area contributed by atoms with E-state index in [2.05, 4.69) is 32.6 Å². The maximum Gasteiger partial charge on any atom is 0.268 e. The molecule has 3 aromatic rings. The first-order valence-electron chi connectivity index (χ1n) is 5.57. The molecule has 0 unspecified atom stereocenters. The van der Waals surface area contributed by atoms with Gasteiger partial charge in [-0.25, -0.2) is 4.98 Å². The molecule has 4 nitrogen and oxygen atoms in total. The number of rotatable bonds is 3. The van der Waals surface area contributed by atoms with Crippen molar-refractivity contribution in [3.63, 3.8) is 0 Å². The van der Waals surface area contributed by atoms with E-state index in [1.807, 2.05) is 35.7 Å². The summed E-state index contributed by atoms with van der Waals surface area (Å²) in [6.45, 7) is 0.251. The van der Waals surface area contributed by atoms with Gasteiger partial charge in [-0.15, -0.1) is 11.3 Å². The zero-order valence-corrected chi connectivity index (χ0v) is 12.7. The Labute approximate surface area is 126 Å². The van der Waals surface area contributed by atoms with Gasteiger partial charge in [-0.1, -0.05) is 6.07 Å². The van der Waals surface area contributed by atoms with E-state index >= 15 is 0 Å². The van der Waals surface area contributed by atoms with Crippen molar-refractivity contribution in [3.8, 4) is 5.75 Å². The number of aromatic amines is 1. The van der Waals surface area contributed by atoms with Gasteiger partial charge in [0.15, 0.2) is 0 Å². The predicted molar refractivity (Wildman–Crippen MR) is 83.7 cm³/mol. The Kier molecular flexibility index (Phi) is 3.52. The smallest absolute Gasteiger partial charge is 0.268 e. The molecule has 19 heavy (non-hydrogen) atoms. The summed E-state index contributed by atoms with van der Waals surface area (Å²) < 4.78 is 7.37. The number of halogens is 1. The van der Waals surface area contributed by atoms with Crippen LogP contribution in [0, 0.1) is 3.57 Å². The van der Waals surface area contributed by atoms with Crippen LogP contribution in [0.15, 0.2) is 40.5 Å². The molecule has 0 spiro atoms. The third-order valence-electron chi connectivity index (χ3n) is 2.54. The van der Waals surface area contributed by atoms with Crippen LogP contribution in [0.25, 0.3) is 10.2 Å². The number of nitrogens with zero attached hydrogens (tertiary/aromatic N) is 1. The summed E-state index contributed by atoms with van der Waals surface area (Å²) >= 11 is 3.61. The highest BCUT2D eigenvalue weighted by atomic mass is 127. The maximum absolute atomic E-state index is 11.8. The molecule has 2 aromatic heterocycles. The van der Waals surface area contributed by atoms with Crippen molar-refractivity contribution in [1.29, 1.82) is 0 Å². The van der Waals surface area contributed by atoms with E-state index in [1.165, 1.54) is 11.3 Å². The second-order valence-electron chi connectivity index (χ2n) is 3.89. The van der Waals surface area contributed by atoms with Gasteiger partial charge in [0.25, 0.3) is 5.56 Å². The molecular weight excluding hydrogens is 375 g/mol.